The van der Waals surface area contributed by atoms with Crippen LogP contribution in [0.4, 0.5) is 0 Å². The molecule has 0 aromatic carbocycles. The van der Waals surface area contributed by atoms with Crippen LogP contribution in [-0.2, 0) is 0 Å². The zero-order chi connectivity index (χ0) is 6.53. The van der Waals surface area contributed by atoms with Crippen molar-refractivity contribution < 1.29 is 0 Å². The Kier molecular flexibility index (Phi) is 3.94. The molecule has 0 radical (unpaired) electrons. The Morgan fingerprint density at radius 2 is 2.44 bits per heavy atom. The fourth-order valence-corrected chi connectivity index (χ4v) is 3.93. The number of nitrogens with one attached hydrogen (secondary N) is 1. The summed E-state index contributed by atoms with van der Waals surface area (Å²) in [4.78, 5) is 0. The van der Waals surface area contributed by atoms with E-state index in [4.69, 9.17) is 0 Å². The van der Waals surface area contributed by atoms with Gasteiger partial charge in [-0.15, -0.1) is 0 Å². The molecular formula is C5H14BNS2. The third-order valence-electron chi connectivity index (χ3n) is 1.41. The first kappa shape index (κ1) is 7.83. The molecule has 0 aromatic rings. The molecule has 1 unspecified atom stereocenters. The van der Waals surface area contributed by atoms with Crippen molar-refractivity contribution in [1.82, 2.24) is 5.32 Å². The van der Waals surface area contributed by atoms with Gasteiger partial charge in [-0.1, -0.05) is 0 Å². The monoisotopic (exact) mass is 163 g/mol. The van der Waals surface area contributed by atoms with Crippen molar-refractivity contribution in [2.45, 2.75) is 0 Å². The van der Waals surface area contributed by atoms with Gasteiger partial charge in [0.1, 0.15) is 0 Å². The highest BCUT2D eigenvalue weighted by molar-refractivity contribution is 8.58. The maximum absolute atomic E-state index is 3.41. The minimum atomic E-state index is 0.365. The van der Waals surface area contributed by atoms with Gasteiger partial charge < -0.3 is 5.32 Å². The van der Waals surface area contributed by atoms with Crippen LogP contribution in [0.15, 0.2) is 0 Å². The lowest BCUT2D eigenvalue weighted by atomic mass is 10.6. The van der Waals surface area contributed by atoms with Crippen LogP contribution in [0.25, 0.3) is 0 Å². The second kappa shape index (κ2) is 4.53. The molecule has 0 aliphatic carbocycles. The first-order valence-electron chi connectivity index (χ1n) is 3.36. The number of hydrogen-bond donors (Lipinski definition) is 2. The third kappa shape index (κ3) is 3.43. The molecule has 1 atom stereocenters. The highest BCUT2D eigenvalue weighted by atomic mass is 32.2. The van der Waals surface area contributed by atoms with E-state index in [0.717, 1.165) is 0 Å². The lowest BCUT2D eigenvalue weighted by molar-refractivity contribution is 0.774. The van der Waals surface area contributed by atoms with Crippen LogP contribution in [-0.4, -0.2) is 36.7 Å². The molecule has 1 heterocycles. The van der Waals surface area contributed by atoms with Gasteiger partial charge in [0.2, 0.25) is 5.84 Å². The lowest BCUT2D eigenvalue weighted by Gasteiger charge is -2.17. The van der Waals surface area contributed by atoms with E-state index >= 15 is 0 Å². The predicted molar refractivity (Wildman–Crippen MR) is 52.3 cm³/mol. The van der Waals surface area contributed by atoms with Gasteiger partial charge in [-0.05, 0) is 17.8 Å². The highest BCUT2D eigenvalue weighted by Gasteiger charge is 2.02. The van der Waals surface area contributed by atoms with Crippen LogP contribution >= 0.6 is 22.4 Å². The molecule has 0 bridgehead atoms. The highest BCUT2D eigenvalue weighted by Crippen LogP contribution is 2.22. The minimum absolute atomic E-state index is 0.365. The molecule has 0 amide bonds. The van der Waals surface area contributed by atoms with Crippen molar-refractivity contribution in [2.75, 3.05) is 30.9 Å². The second-order valence-corrected chi connectivity index (χ2v) is 6.38. The van der Waals surface area contributed by atoms with E-state index < -0.39 is 0 Å². The molecule has 0 spiro atoms. The van der Waals surface area contributed by atoms with E-state index in [9.17, 15) is 0 Å². The first-order chi connectivity index (χ1) is 4.39. The summed E-state index contributed by atoms with van der Waals surface area (Å²) in [6.07, 6.45) is 2.40. The standard InChI is InChI=1S/C5H14BNS2/c1-9-5-3-7-2-4-8-6-9/h6-7,9H,2-5H2,1H3. The number of rotatable bonds is 0. The van der Waals surface area contributed by atoms with Gasteiger partial charge in [-0.3, -0.25) is 10.7 Å². The molecule has 4 heteroatoms. The minimum Gasteiger partial charge on any atom is -0.315 e. The van der Waals surface area contributed by atoms with E-state index in [2.05, 4.69) is 23.2 Å². The predicted octanol–water partition coefficient (Wildman–Crippen LogP) is 0.220. The van der Waals surface area contributed by atoms with Gasteiger partial charge in [-0.25, -0.2) is 11.6 Å². The van der Waals surface area contributed by atoms with Crippen LogP contribution in [0.5, 0.6) is 0 Å². The van der Waals surface area contributed by atoms with Crippen LogP contribution in [0, 0.1) is 0 Å². The van der Waals surface area contributed by atoms with Crippen molar-refractivity contribution in [2.24, 2.45) is 0 Å². The van der Waals surface area contributed by atoms with E-state index in [1.807, 2.05) is 0 Å². The van der Waals surface area contributed by atoms with Crippen molar-refractivity contribution in [1.29, 1.82) is 0 Å². The molecular weight excluding hydrogens is 149 g/mol. The third-order valence-corrected chi connectivity index (χ3v) is 5.38. The second-order valence-electron chi connectivity index (χ2n) is 2.37. The van der Waals surface area contributed by atoms with Crippen LogP contribution in [0.1, 0.15) is 0 Å². The summed E-state index contributed by atoms with van der Waals surface area (Å²) in [6.45, 7) is 2.47. The fraction of sp³-hybridized carbons (Fsp3) is 1.00. The van der Waals surface area contributed by atoms with Crippen molar-refractivity contribution >= 4 is 28.2 Å². The maximum atomic E-state index is 3.41. The van der Waals surface area contributed by atoms with E-state index in [-0.39, 0.29) is 0 Å². The number of thiol groups is 1. The summed E-state index contributed by atoms with van der Waals surface area (Å²) in [5.41, 5.74) is 0. The molecule has 1 rings (SSSR count). The average Bonchev–Trinajstić information content (AvgIpc) is 1.79. The SMILES string of the molecule is C[SH]1BSCCNCC1. The van der Waals surface area contributed by atoms with E-state index in [0.29, 0.717) is 10.7 Å². The number of hydrogen-bond acceptors (Lipinski definition) is 2. The molecule has 1 saturated heterocycles. The molecule has 1 fully saturated rings. The Balaban J connectivity index is 2.12. The Hall–Kier alpha value is 0.725. The van der Waals surface area contributed by atoms with Gasteiger partial charge in [0.05, 0.1) is 0 Å². The molecule has 1 aliphatic heterocycles. The fourth-order valence-electron chi connectivity index (χ4n) is 0.824. The van der Waals surface area contributed by atoms with Crippen molar-refractivity contribution in [3.05, 3.63) is 0 Å². The smallest absolute Gasteiger partial charge is 0.237 e. The van der Waals surface area contributed by atoms with Gasteiger partial charge in [-0.2, -0.15) is 0 Å². The van der Waals surface area contributed by atoms with Crippen LogP contribution < -0.4 is 5.32 Å². The van der Waals surface area contributed by atoms with Crippen LogP contribution in [0.2, 0.25) is 0 Å². The average molecular weight is 163 g/mol. The largest absolute Gasteiger partial charge is 0.315 e. The summed E-state index contributed by atoms with van der Waals surface area (Å²) >= 11 is 2.10. The molecule has 54 valence electrons. The Morgan fingerprint density at radius 3 is 3.33 bits per heavy atom. The van der Waals surface area contributed by atoms with Crippen LogP contribution in [0.3, 0.4) is 0 Å². The summed E-state index contributed by atoms with van der Waals surface area (Å²) in [5.74, 6) is 4.16. The maximum Gasteiger partial charge on any atom is 0.237 e. The quantitative estimate of drug-likeness (QED) is 0.391. The summed E-state index contributed by atoms with van der Waals surface area (Å²) in [5, 5.41) is 3.41. The Labute approximate surface area is 64.7 Å². The molecule has 1 aliphatic rings. The zero-order valence-electron chi connectivity index (χ0n) is 5.89. The molecule has 0 saturated carbocycles. The summed E-state index contributed by atoms with van der Waals surface area (Å²) < 4.78 is 0. The molecule has 9 heavy (non-hydrogen) atoms. The van der Waals surface area contributed by atoms with E-state index in [1.54, 1.807) is 0 Å². The zero-order valence-corrected chi connectivity index (χ0v) is 7.60. The topological polar surface area (TPSA) is 12.0 Å². The Morgan fingerprint density at radius 1 is 1.56 bits per heavy atom. The lowest BCUT2D eigenvalue weighted by Crippen LogP contribution is -2.24. The van der Waals surface area contributed by atoms with Gasteiger partial charge in [0, 0.05) is 13.1 Å². The Bertz CT molecular complexity index is 73.4. The summed E-state index contributed by atoms with van der Waals surface area (Å²) in [6, 6.07) is 0. The van der Waals surface area contributed by atoms with E-state index in [1.165, 1.54) is 30.4 Å². The molecule has 0 aromatic heterocycles. The van der Waals surface area contributed by atoms with Crippen molar-refractivity contribution in [3.63, 3.8) is 0 Å². The summed E-state index contributed by atoms with van der Waals surface area (Å²) in [7, 11) is 0.365. The first-order valence-corrected chi connectivity index (χ1v) is 6.68. The van der Waals surface area contributed by atoms with Gasteiger partial charge in [0.15, 0.2) is 0 Å². The van der Waals surface area contributed by atoms with Gasteiger partial charge in [0.25, 0.3) is 0 Å². The molecule has 1 nitrogen and oxygen atoms in total. The van der Waals surface area contributed by atoms with Gasteiger partial charge >= 0.3 is 0 Å². The normalized spacial score (nSPS) is 34.1. The molecule has 1 N–H and O–H groups in total. The van der Waals surface area contributed by atoms with Crippen molar-refractivity contribution in [3.8, 4) is 0 Å².